The Bertz CT molecular complexity index is 692. The smallest absolute Gasteiger partial charge is 0.142 e. The monoisotopic (exact) mass is 393 g/mol. The lowest BCUT2D eigenvalue weighted by Gasteiger charge is -2.20. The molecule has 0 fully saturated rings. The molecule has 0 bridgehead atoms. The van der Waals surface area contributed by atoms with Gasteiger partial charge in [-0.15, -0.1) is 0 Å². The number of anilines is 1. The molecule has 0 amide bonds. The van der Waals surface area contributed by atoms with Gasteiger partial charge in [0.25, 0.3) is 0 Å². The fourth-order valence-electron chi connectivity index (χ4n) is 2.05. The van der Waals surface area contributed by atoms with Gasteiger partial charge in [-0.2, -0.15) is 0 Å². The molecule has 2 aromatic rings. The molecule has 0 aliphatic heterocycles. The summed E-state index contributed by atoms with van der Waals surface area (Å²) in [5, 5.41) is 3.44. The van der Waals surface area contributed by atoms with Crippen LogP contribution >= 0.6 is 39.1 Å². The molecule has 21 heavy (non-hydrogen) atoms. The first-order valence-corrected chi connectivity index (χ1v) is 7.71. The van der Waals surface area contributed by atoms with E-state index < -0.39 is 5.82 Å². The number of rotatable bonds is 3. The fraction of sp³-hybridized carbons (Fsp3) is 0.200. The number of nitrogens with one attached hydrogen (secondary N) is 1. The zero-order chi connectivity index (χ0) is 15.7. The number of benzene rings is 2. The van der Waals surface area contributed by atoms with Crippen LogP contribution in [0.15, 0.2) is 28.7 Å². The lowest BCUT2D eigenvalue weighted by molar-refractivity contribution is 0.619. The largest absolute Gasteiger partial charge is 0.378 e. The third kappa shape index (κ3) is 3.50. The zero-order valence-corrected chi connectivity index (χ0v) is 14.4. The van der Waals surface area contributed by atoms with E-state index in [9.17, 15) is 8.78 Å². The molecule has 0 spiro atoms. The highest BCUT2D eigenvalue weighted by Gasteiger charge is 2.18. The summed E-state index contributed by atoms with van der Waals surface area (Å²) in [6, 6.07) is 5.33. The second-order valence-electron chi connectivity index (χ2n) is 4.70. The van der Waals surface area contributed by atoms with E-state index in [4.69, 9.17) is 23.2 Å². The molecule has 1 N–H and O–H groups in total. The summed E-state index contributed by atoms with van der Waals surface area (Å²) < 4.78 is 27.6. The van der Waals surface area contributed by atoms with Gasteiger partial charge in [-0.1, -0.05) is 23.2 Å². The molecule has 1 atom stereocenters. The highest BCUT2D eigenvalue weighted by atomic mass is 79.9. The van der Waals surface area contributed by atoms with E-state index in [-0.39, 0.29) is 16.9 Å². The highest BCUT2D eigenvalue weighted by Crippen LogP contribution is 2.35. The Morgan fingerprint density at radius 3 is 2.48 bits per heavy atom. The molecule has 0 aliphatic carbocycles. The van der Waals surface area contributed by atoms with E-state index >= 15 is 0 Å². The van der Waals surface area contributed by atoms with E-state index in [1.807, 2.05) is 6.92 Å². The molecular formula is C15H12BrCl2F2N. The van der Waals surface area contributed by atoms with Crippen molar-refractivity contribution in [1.82, 2.24) is 0 Å². The van der Waals surface area contributed by atoms with Crippen LogP contribution in [0.4, 0.5) is 14.5 Å². The summed E-state index contributed by atoms with van der Waals surface area (Å²) in [7, 11) is 0. The minimum Gasteiger partial charge on any atom is -0.378 e. The summed E-state index contributed by atoms with van der Waals surface area (Å²) in [5.74, 6) is -0.921. The van der Waals surface area contributed by atoms with Crippen LogP contribution in [0.1, 0.15) is 24.1 Å². The Hall–Kier alpha value is -0.840. The molecule has 2 rings (SSSR count). The number of aryl methyl sites for hydroxylation is 1. The third-order valence-electron chi connectivity index (χ3n) is 3.15. The molecule has 0 saturated heterocycles. The second-order valence-corrected chi connectivity index (χ2v) is 6.34. The summed E-state index contributed by atoms with van der Waals surface area (Å²) >= 11 is 15.2. The average molecular weight is 395 g/mol. The Kier molecular flexibility index (Phi) is 5.12. The maximum Gasteiger partial charge on any atom is 0.142 e. The zero-order valence-electron chi connectivity index (χ0n) is 11.3. The first-order chi connectivity index (χ1) is 9.81. The van der Waals surface area contributed by atoms with Gasteiger partial charge in [0.1, 0.15) is 11.6 Å². The van der Waals surface area contributed by atoms with Gasteiger partial charge in [0.05, 0.1) is 15.5 Å². The van der Waals surface area contributed by atoms with Crippen molar-refractivity contribution < 1.29 is 8.78 Å². The molecule has 0 heterocycles. The molecule has 0 radical (unpaired) electrons. The van der Waals surface area contributed by atoms with Gasteiger partial charge in [0, 0.05) is 16.3 Å². The van der Waals surface area contributed by atoms with Crippen molar-refractivity contribution in [2.75, 3.05) is 5.32 Å². The molecule has 1 unspecified atom stereocenters. The Morgan fingerprint density at radius 1 is 1.14 bits per heavy atom. The summed E-state index contributed by atoms with van der Waals surface area (Å²) in [6.07, 6.45) is 0. The Balaban J connectivity index is 2.37. The molecule has 6 heteroatoms. The fourth-order valence-corrected chi connectivity index (χ4v) is 3.20. The molecule has 0 aliphatic rings. The van der Waals surface area contributed by atoms with Gasteiger partial charge < -0.3 is 5.32 Å². The van der Waals surface area contributed by atoms with Gasteiger partial charge in [0.2, 0.25) is 0 Å². The normalized spacial score (nSPS) is 12.3. The van der Waals surface area contributed by atoms with E-state index in [0.717, 1.165) is 5.56 Å². The highest BCUT2D eigenvalue weighted by molar-refractivity contribution is 9.10. The van der Waals surface area contributed by atoms with Crippen molar-refractivity contribution >= 4 is 44.8 Å². The minimum absolute atomic E-state index is 0.0299. The van der Waals surface area contributed by atoms with Gasteiger partial charge in [-0.25, -0.2) is 8.78 Å². The van der Waals surface area contributed by atoms with Gasteiger partial charge >= 0.3 is 0 Å². The van der Waals surface area contributed by atoms with E-state index in [1.54, 1.807) is 13.0 Å². The maximum absolute atomic E-state index is 13.6. The molecule has 0 aromatic heterocycles. The van der Waals surface area contributed by atoms with E-state index in [1.165, 1.54) is 18.2 Å². The summed E-state index contributed by atoms with van der Waals surface area (Å²) in [6.45, 7) is 3.62. The average Bonchev–Trinajstić information content (AvgIpc) is 2.41. The number of hydrogen-bond donors (Lipinski definition) is 1. The van der Waals surface area contributed by atoms with Crippen molar-refractivity contribution in [2.24, 2.45) is 0 Å². The molecule has 112 valence electrons. The first-order valence-electron chi connectivity index (χ1n) is 6.16. The lowest BCUT2D eigenvalue weighted by atomic mass is 10.1. The van der Waals surface area contributed by atoms with Gasteiger partial charge in [-0.3, -0.25) is 0 Å². The Morgan fingerprint density at radius 2 is 1.81 bits per heavy atom. The van der Waals surface area contributed by atoms with Crippen LogP contribution in [-0.2, 0) is 0 Å². The molecule has 0 saturated carbocycles. The maximum atomic E-state index is 13.6. The van der Waals surface area contributed by atoms with Crippen LogP contribution in [0.2, 0.25) is 10.0 Å². The van der Waals surface area contributed by atoms with Crippen molar-refractivity contribution in [1.29, 1.82) is 0 Å². The number of halogens is 5. The summed E-state index contributed by atoms with van der Waals surface area (Å²) in [5.41, 5.74) is 1.89. The van der Waals surface area contributed by atoms with Crippen molar-refractivity contribution in [2.45, 2.75) is 19.9 Å². The van der Waals surface area contributed by atoms with Crippen molar-refractivity contribution in [3.8, 4) is 0 Å². The predicted molar refractivity (Wildman–Crippen MR) is 87.3 cm³/mol. The van der Waals surface area contributed by atoms with Gasteiger partial charge in [0.15, 0.2) is 0 Å². The van der Waals surface area contributed by atoms with E-state index in [0.29, 0.717) is 20.7 Å². The van der Waals surface area contributed by atoms with Crippen LogP contribution in [0.5, 0.6) is 0 Å². The van der Waals surface area contributed by atoms with Crippen LogP contribution in [0.25, 0.3) is 0 Å². The van der Waals surface area contributed by atoms with Crippen LogP contribution in [0.3, 0.4) is 0 Å². The predicted octanol–water partition coefficient (Wildman–Crippen LogP) is 6.52. The van der Waals surface area contributed by atoms with Crippen LogP contribution in [-0.4, -0.2) is 0 Å². The second kappa shape index (κ2) is 6.51. The molecule has 2 aromatic carbocycles. The molecule has 1 nitrogen and oxygen atoms in total. The SMILES string of the molecule is Cc1cc(Br)c(F)cc1NC(C)c1c(Cl)ccc(F)c1Cl. The Labute approximate surface area is 140 Å². The standard InChI is InChI=1S/C15H12BrCl2F2N/c1-7-5-9(16)12(20)6-13(7)21-8(2)14-10(17)3-4-11(19)15(14)18/h3-6,8,21H,1-2H3. The molecular weight excluding hydrogens is 383 g/mol. The minimum atomic E-state index is -0.538. The number of hydrogen-bond acceptors (Lipinski definition) is 1. The van der Waals surface area contributed by atoms with Crippen LogP contribution < -0.4 is 5.32 Å². The lowest BCUT2D eigenvalue weighted by Crippen LogP contribution is -2.10. The van der Waals surface area contributed by atoms with Crippen molar-refractivity contribution in [3.63, 3.8) is 0 Å². The van der Waals surface area contributed by atoms with Crippen LogP contribution in [0, 0.1) is 18.6 Å². The third-order valence-corrected chi connectivity index (χ3v) is 4.47. The van der Waals surface area contributed by atoms with Crippen molar-refractivity contribution in [3.05, 3.63) is 61.5 Å². The first kappa shape index (κ1) is 16.5. The van der Waals surface area contributed by atoms with E-state index in [2.05, 4.69) is 21.2 Å². The van der Waals surface area contributed by atoms with Gasteiger partial charge in [-0.05, 0) is 59.6 Å². The summed E-state index contributed by atoms with van der Waals surface area (Å²) in [4.78, 5) is 0. The quantitative estimate of drug-likeness (QED) is 0.584. The topological polar surface area (TPSA) is 12.0 Å².